The third-order valence-corrected chi connectivity index (χ3v) is 6.59. The average molecular weight is 440 g/mol. The molecule has 1 aromatic carbocycles. The second kappa shape index (κ2) is 6.67. The smallest absolute Gasteiger partial charge is 0.242 e. The first-order chi connectivity index (χ1) is 9.42. The molecular formula is C12H12Br2N2O2S2. The Balaban J connectivity index is 2.18. The lowest BCUT2D eigenvalue weighted by molar-refractivity contribution is 0.581. The molecule has 0 bridgehead atoms. The lowest BCUT2D eigenvalue weighted by atomic mass is 10.2. The fraction of sp³-hybridized carbons (Fsp3) is 0.167. The van der Waals surface area contributed by atoms with Gasteiger partial charge in [0.1, 0.15) is 0 Å². The first-order valence-corrected chi connectivity index (χ1v) is 9.53. The van der Waals surface area contributed by atoms with E-state index in [-0.39, 0.29) is 11.4 Å². The molecule has 2 rings (SSSR count). The second-order valence-electron chi connectivity index (χ2n) is 4.00. The molecule has 20 heavy (non-hydrogen) atoms. The summed E-state index contributed by atoms with van der Waals surface area (Å²) in [5.74, 6) is 0. The van der Waals surface area contributed by atoms with Gasteiger partial charge >= 0.3 is 0 Å². The largest absolute Gasteiger partial charge is 0.326 e. The maximum atomic E-state index is 12.3. The molecule has 3 N–H and O–H groups in total. The van der Waals surface area contributed by atoms with Crippen LogP contribution in [0.5, 0.6) is 0 Å². The topological polar surface area (TPSA) is 72.2 Å². The van der Waals surface area contributed by atoms with Crippen molar-refractivity contribution in [2.75, 3.05) is 0 Å². The van der Waals surface area contributed by atoms with Gasteiger partial charge in [-0.3, -0.25) is 0 Å². The summed E-state index contributed by atoms with van der Waals surface area (Å²) >= 11 is 8.12. The van der Waals surface area contributed by atoms with Crippen molar-refractivity contribution < 1.29 is 8.42 Å². The number of rotatable bonds is 5. The van der Waals surface area contributed by atoms with Crippen molar-refractivity contribution in [1.29, 1.82) is 0 Å². The van der Waals surface area contributed by atoms with Gasteiger partial charge in [0.15, 0.2) is 0 Å². The predicted molar refractivity (Wildman–Crippen MR) is 88.1 cm³/mol. The van der Waals surface area contributed by atoms with Gasteiger partial charge < -0.3 is 5.73 Å². The minimum atomic E-state index is -3.55. The number of nitrogens with two attached hydrogens (primary N) is 1. The van der Waals surface area contributed by atoms with E-state index in [1.165, 1.54) is 11.3 Å². The van der Waals surface area contributed by atoms with Gasteiger partial charge in [0, 0.05) is 22.4 Å². The summed E-state index contributed by atoms with van der Waals surface area (Å²) in [6.07, 6.45) is 0. The first kappa shape index (κ1) is 16.1. The van der Waals surface area contributed by atoms with Crippen molar-refractivity contribution in [2.24, 2.45) is 5.73 Å². The van der Waals surface area contributed by atoms with Crippen LogP contribution in [0.25, 0.3) is 0 Å². The molecule has 0 aliphatic rings. The van der Waals surface area contributed by atoms with Crippen molar-refractivity contribution in [2.45, 2.75) is 18.0 Å². The number of sulfonamides is 1. The van der Waals surface area contributed by atoms with E-state index < -0.39 is 10.0 Å². The monoisotopic (exact) mass is 438 g/mol. The molecule has 0 aliphatic carbocycles. The van der Waals surface area contributed by atoms with Crippen LogP contribution in [0.1, 0.15) is 10.4 Å². The van der Waals surface area contributed by atoms with Gasteiger partial charge in [-0.25, -0.2) is 13.1 Å². The molecule has 0 atom stereocenters. The SMILES string of the molecule is NCc1ccc(S(=O)(=O)NCc2ccc(Br)s2)c(Br)c1. The van der Waals surface area contributed by atoms with Crippen molar-refractivity contribution in [1.82, 2.24) is 4.72 Å². The van der Waals surface area contributed by atoms with Crippen LogP contribution >= 0.6 is 43.2 Å². The van der Waals surface area contributed by atoms with E-state index in [1.54, 1.807) is 18.2 Å². The standard InChI is InChI=1S/C12H12Br2N2O2S2/c13-10-5-8(6-15)1-3-11(10)20(17,18)16-7-9-2-4-12(14)19-9/h1-5,16H,6-7,15H2. The van der Waals surface area contributed by atoms with Crippen LogP contribution in [-0.4, -0.2) is 8.42 Å². The summed E-state index contributed by atoms with van der Waals surface area (Å²) in [6.45, 7) is 0.638. The lowest BCUT2D eigenvalue weighted by Crippen LogP contribution is -2.23. The molecule has 0 radical (unpaired) electrons. The molecule has 0 fully saturated rings. The fourth-order valence-corrected chi connectivity index (χ4v) is 5.22. The fourth-order valence-electron chi connectivity index (χ4n) is 1.58. The van der Waals surface area contributed by atoms with Gasteiger partial charge in [0.2, 0.25) is 10.0 Å². The summed E-state index contributed by atoms with van der Waals surface area (Å²) in [6, 6.07) is 8.75. The van der Waals surface area contributed by atoms with E-state index >= 15 is 0 Å². The Bertz CT molecular complexity index is 714. The normalized spacial score (nSPS) is 11.8. The Labute approximate surface area is 138 Å². The van der Waals surface area contributed by atoms with Crippen LogP contribution in [-0.2, 0) is 23.1 Å². The highest BCUT2D eigenvalue weighted by molar-refractivity contribution is 9.11. The van der Waals surface area contributed by atoms with Crippen molar-refractivity contribution >= 4 is 53.2 Å². The minimum Gasteiger partial charge on any atom is -0.326 e. The van der Waals surface area contributed by atoms with E-state index in [1.807, 2.05) is 12.1 Å². The van der Waals surface area contributed by atoms with E-state index in [9.17, 15) is 8.42 Å². The highest BCUT2D eigenvalue weighted by Crippen LogP contribution is 2.25. The molecule has 8 heteroatoms. The number of hydrogen-bond donors (Lipinski definition) is 2. The zero-order chi connectivity index (χ0) is 14.8. The molecule has 4 nitrogen and oxygen atoms in total. The predicted octanol–water partition coefficient (Wildman–Crippen LogP) is 3.21. The highest BCUT2D eigenvalue weighted by atomic mass is 79.9. The maximum Gasteiger partial charge on any atom is 0.242 e. The number of nitrogens with one attached hydrogen (secondary N) is 1. The second-order valence-corrected chi connectivity index (χ2v) is 9.14. The Kier molecular flexibility index (Phi) is 5.38. The zero-order valence-corrected chi connectivity index (χ0v) is 15.1. The van der Waals surface area contributed by atoms with Crippen molar-refractivity contribution in [3.05, 3.63) is 49.0 Å². The highest BCUT2D eigenvalue weighted by Gasteiger charge is 2.17. The molecule has 1 heterocycles. The summed E-state index contributed by atoms with van der Waals surface area (Å²) in [5.41, 5.74) is 6.40. The van der Waals surface area contributed by atoms with Crippen LogP contribution in [0.2, 0.25) is 0 Å². The molecule has 0 amide bonds. The minimum absolute atomic E-state index is 0.213. The van der Waals surface area contributed by atoms with E-state index in [0.29, 0.717) is 11.0 Å². The van der Waals surface area contributed by atoms with Gasteiger partial charge in [-0.15, -0.1) is 11.3 Å². The number of thiophene rings is 1. The van der Waals surface area contributed by atoms with E-state index in [2.05, 4.69) is 36.6 Å². The molecule has 0 saturated carbocycles. The van der Waals surface area contributed by atoms with Gasteiger partial charge in [-0.05, 0) is 61.7 Å². The molecule has 0 saturated heterocycles. The molecular weight excluding hydrogens is 428 g/mol. The average Bonchev–Trinajstić information content (AvgIpc) is 2.82. The van der Waals surface area contributed by atoms with Crippen molar-refractivity contribution in [3.63, 3.8) is 0 Å². The lowest BCUT2D eigenvalue weighted by Gasteiger charge is -2.09. The van der Waals surface area contributed by atoms with Crippen LogP contribution in [0.4, 0.5) is 0 Å². The Morgan fingerprint density at radius 2 is 1.95 bits per heavy atom. The summed E-state index contributed by atoms with van der Waals surface area (Å²) in [5, 5.41) is 0. The molecule has 0 aliphatic heterocycles. The Hall–Kier alpha value is -0.250. The molecule has 0 spiro atoms. The number of halogens is 2. The van der Waals surface area contributed by atoms with E-state index in [0.717, 1.165) is 14.2 Å². The molecule has 0 unspecified atom stereocenters. The molecule has 2 aromatic rings. The first-order valence-electron chi connectivity index (χ1n) is 5.65. The van der Waals surface area contributed by atoms with Crippen LogP contribution in [0.15, 0.2) is 43.5 Å². The van der Waals surface area contributed by atoms with Crippen LogP contribution in [0.3, 0.4) is 0 Å². The summed E-state index contributed by atoms with van der Waals surface area (Å²) in [4.78, 5) is 1.15. The number of benzene rings is 1. The van der Waals surface area contributed by atoms with Gasteiger partial charge in [0.05, 0.1) is 8.68 Å². The van der Waals surface area contributed by atoms with Crippen LogP contribution < -0.4 is 10.5 Å². The van der Waals surface area contributed by atoms with Gasteiger partial charge in [-0.2, -0.15) is 0 Å². The van der Waals surface area contributed by atoms with Gasteiger partial charge in [-0.1, -0.05) is 6.07 Å². The van der Waals surface area contributed by atoms with Crippen LogP contribution in [0, 0.1) is 0 Å². The Morgan fingerprint density at radius 1 is 1.20 bits per heavy atom. The molecule has 1 aromatic heterocycles. The number of hydrogen-bond acceptors (Lipinski definition) is 4. The van der Waals surface area contributed by atoms with E-state index in [4.69, 9.17) is 5.73 Å². The third kappa shape index (κ3) is 3.90. The summed E-state index contributed by atoms with van der Waals surface area (Å²) in [7, 11) is -3.55. The quantitative estimate of drug-likeness (QED) is 0.751. The third-order valence-electron chi connectivity index (χ3n) is 2.59. The zero-order valence-electron chi connectivity index (χ0n) is 10.3. The van der Waals surface area contributed by atoms with Crippen molar-refractivity contribution in [3.8, 4) is 0 Å². The van der Waals surface area contributed by atoms with Gasteiger partial charge in [0.25, 0.3) is 0 Å². The Morgan fingerprint density at radius 3 is 2.50 bits per heavy atom. The maximum absolute atomic E-state index is 12.3. The summed E-state index contributed by atoms with van der Waals surface area (Å²) < 4.78 is 28.6. The molecule has 108 valence electrons.